The highest BCUT2D eigenvalue weighted by Gasteiger charge is 2.37. The molecule has 0 radical (unpaired) electrons. The van der Waals surface area contributed by atoms with Gasteiger partial charge in [0.25, 0.3) is 0 Å². The normalized spacial score (nSPS) is 23.7. The molecule has 0 aliphatic carbocycles. The summed E-state index contributed by atoms with van der Waals surface area (Å²) in [6.45, 7) is 1.83. The number of pyridine rings is 1. The van der Waals surface area contributed by atoms with Gasteiger partial charge >= 0.3 is 5.97 Å². The minimum absolute atomic E-state index is 0.0152. The third-order valence-corrected chi connectivity index (χ3v) is 6.86. The van der Waals surface area contributed by atoms with E-state index in [1.807, 2.05) is 18.4 Å². The topological polar surface area (TPSA) is 87.6 Å². The van der Waals surface area contributed by atoms with Gasteiger partial charge in [0.05, 0.1) is 16.1 Å². The number of hydrogen-bond acceptors (Lipinski definition) is 5. The number of fused-ring (bicyclic) bond motifs is 1. The fourth-order valence-electron chi connectivity index (χ4n) is 2.72. The molecule has 0 spiro atoms. The SMILES string of the molecule is CC1CCC(C(=O)O)CN1S(=O)(=O)c1cnc2ccsc2c1. The Balaban J connectivity index is 1.98. The lowest BCUT2D eigenvalue weighted by molar-refractivity contribution is -0.143. The Bertz CT molecular complexity index is 815. The Hall–Kier alpha value is -1.51. The van der Waals surface area contributed by atoms with Crippen molar-refractivity contribution in [1.29, 1.82) is 0 Å². The number of carboxylic acids is 1. The van der Waals surface area contributed by atoms with Crippen LogP contribution in [0.15, 0.2) is 28.6 Å². The van der Waals surface area contributed by atoms with Crippen molar-refractivity contribution in [2.24, 2.45) is 5.92 Å². The van der Waals surface area contributed by atoms with E-state index in [0.717, 1.165) is 10.2 Å². The van der Waals surface area contributed by atoms with Gasteiger partial charge in [-0.05, 0) is 37.3 Å². The molecule has 2 atom stereocenters. The molecule has 2 unspecified atom stereocenters. The highest BCUT2D eigenvalue weighted by atomic mass is 32.2. The second-order valence-electron chi connectivity index (χ2n) is 5.51. The summed E-state index contributed by atoms with van der Waals surface area (Å²) >= 11 is 1.43. The van der Waals surface area contributed by atoms with Crippen molar-refractivity contribution in [3.8, 4) is 0 Å². The highest BCUT2D eigenvalue weighted by molar-refractivity contribution is 7.89. The first kappa shape index (κ1) is 15.4. The predicted octanol–water partition coefficient (Wildman–Crippen LogP) is 2.17. The number of aliphatic carboxylic acids is 1. The number of aromatic nitrogens is 1. The number of carboxylic acid groups (broad SMARTS) is 1. The zero-order chi connectivity index (χ0) is 15.9. The van der Waals surface area contributed by atoms with Crippen LogP contribution in [0, 0.1) is 5.92 Å². The number of piperidine rings is 1. The Kier molecular flexibility index (Phi) is 3.92. The molecule has 22 heavy (non-hydrogen) atoms. The lowest BCUT2D eigenvalue weighted by Crippen LogP contribution is -2.47. The second kappa shape index (κ2) is 5.60. The molecule has 0 bridgehead atoms. The highest BCUT2D eigenvalue weighted by Crippen LogP contribution is 2.30. The molecule has 2 aromatic rings. The van der Waals surface area contributed by atoms with E-state index >= 15 is 0 Å². The molecule has 6 nitrogen and oxygen atoms in total. The summed E-state index contributed by atoms with van der Waals surface area (Å²) in [5, 5.41) is 11.0. The quantitative estimate of drug-likeness (QED) is 0.925. The fraction of sp³-hybridized carbons (Fsp3) is 0.429. The van der Waals surface area contributed by atoms with Crippen molar-refractivity contribution in [1.82, 2.24) is 9.29 Å². The van der Waals surface area contributed by atoms with Gasteiger partial charge in [0.1, 0.15) is 4.90 Å². The molecule has 1 fully saturated rings. The summed E-state index contributed by atoms with van der Waals surface area (Å²) in [7, 11) is -3.73. The summed E-state index contributed by atoms with van der Waals surface area (Å²) in [5.74, 6) is -1.59. The van der Waals surface area contributed by atoms with Crippen LogP contribution in [0.1, 0.15) is 19.8 Å². The van der Waals surface area contributed by atoms with Gasteiger partial charge in [0, 0.05) is 18.8 Å². The fourth-order valence-corrected chi connectivity index (χ4v) is 5.25. The zero-order valence-electron chi connectivity index (χ0n) is 12.0. The standard InChI is InChI=1S/C14H16N2O4S2/c1-9-2-3-10(14(17)18)8-16(9)22(19,20)11-6-13-12(15-7-11)4-5-21-13/h4-7,9-10H,2-3,8H2,1H3,(H,17,18). The van der Waals surface area contributed by atoms with Crippen LogP contribution >= 0.6 is 11.3 Å². The van der Waals surface area contributed by atoms with Gasteiger partial charge in [-0.3, -0.25) is 9.78 Å². The van der Waals surface area contributed by atoms with Crippen molar-refractivity contribution < 1.29 is 18.3 Å². The molecule has 118 valence electrons. The maximum Gasteiger partial charge on any atom is 0.307 e. The molecule has 2 aromatic heterocycles. The summed E-state index contributed by atoms with van der Waals surface area (Å²) in [4.78, 5) is 15.5. The average molecular weight is 340 g/mol. The van der Waals surface area contributed by atoms with Crippen molar-refractivity contribution in [3.63, 3.8) is 0 Å². The smallest absolute Gasteiger partial charge is 0.307 e. The van der Waals surface area contributed by atoms with Gasteiger partial charge in [-0.15, -0.1) is 11.3 Å². The van der Waals surface area contributed by atoms with Crippen molar-refractivity contribution in [2.75, 3.05) is 6.54 Å². The van der Waals surface area contributed by atoms with Gasteiger partial charge in [0.2, 0.25) is 10.0 Å². The van der Waals surface area contributed by atoms with E-state index in [9.17, 15) is 13.2 Å². The van der Waals surface area contributed by atoms with Crippen LogP contribution in [0.5, 0.6) is 0 Å². The van der Waals surface area contributed by atoms with E-state index < -0.39 is 21.9 Å². The van der Waals surface area contributed by atoms with E-state index in [-0.39, 0.29) is 17.5 Å². The Morgan fingerprint density at radius 2 is 2.23 bits per heavy atom. The lowest BCUT2D eigenvalue weighted by Gasteiger charge is -2.35. The van der Waals surface area contributed by atoms with E-state index in [1.165, 1.54) is 21.8 Å². The number of hydrogen-bond donors (Lipinski definition) is 1. The third kappa shape index (κ3) is 2.62. The molecule has 0 amide bonds. The Labute approximate surface area is 132 Å². The monoisotopic (exact) mass is 340 g/mol. The maximum atomic E-state index is 12.8. The number of nitrogens with zero attached hydrogens (tertiary/aromatic N) is 2. The maximum absolute atomic E-state index is 12.8. The first-order chi connectivity index (χ1) is 10.4. The van der Waals surface area contributed by atoms with Gasteiger partial charge in [-0.1, -0.05) is 0 Å². The van der Waals surface area contributed by atoms with Gasteiger partial charge < -0.3 is 5.11 Å². The molecule has 0 saturated carbocycles. The summed E-state index contributed by atoms with van der Waals surface area (Å²) in [5.41, 5.74) is 0.763. The van der Waals surface area contributed by atoms with E-state index in [1.54, 1.807) is 6.07 Å². The van der Waals surface area contributed by atoms with Crippen LogP contribution in [0.4, 0.5) is 0 Å². The minimum atomic E-state index is -3.73. The molecule has 0 aromatic carbocycles. The first-order valence-electron chi connectivity index (χ1n) is 6.97. The summed E-state index contributed by atoms with van der Waals surface area (Å²) < 4.78 is 27.8. The number of thiophene rings is 1. The lowest BCUT2D eigenvalue weighted by atomic mass is 9.96. The first-order valence-corrected chi connectivity index (χ1v) is 9.29. The number of rotatable bonds is 3. The molecule has 3 heterocycles. The van der Waals surface area contributed by atoms with Crippen LogP contribution in [-0.2, 0) is 14.8 Å². The average Bonchev–Trinajstić information content (AvgIpc) is 2.94. The Morgan fingerprint density at radius 3 is 2.95 bits per heavy atom. The Morgan fingerprint density at radius 1 is 1.45 bits per heavy atom. The van der Waals surface area contributed by atoms with Crippen LogP contribution in [0.3, 0.4) is 0 Å². The molecule has 1 aliphatic heterocycles. The van der Waals surface area contributed by atoms with E-state index in [2.05, 4.69) is 4.98 Å². The van der Waals surface area contributed by atoms with Crippen LogP contribution < -0.4 is 0 Å². The second-order valence-corrected chi connectivity index (χ2v) is 8.35. The third-order valence-electron chi connectivity index (χ3n) is 4.06. The molecule has 8 heteroatoms. The molecule has 3 rings (SSSR count). The van der Waals surface area contributed by atoms with Crippen molar-refractivity contribution in [3.05, 3.63) is 23.7 Å². The number of carbonyl (C=O) groups is 1. The molecular weight excluding hydrogens is 324 g/mol. The van der Waals surface area contributed by atoms with E-state index in [0.29, 0.717) is 12.8 Å². The van der Waals surface area contributed by atoms with Gasteiger partial charge in [-0.2, -0.15) is 4.31 Å². The molecule has 1 N–H and O–H groups in total. The van der Waals surface area contributed by atoms with Crippen LogP contribution in [0.25, 0.3) is 10.2 Å². The predicted molar refractivity (Wildman–Crippen MR) is 83.3 cm³/mol. The number of sulfonamides is 1. The molecule has 1 aliphatic rings. The molecule has 1 saturated heterocycles. The summed E-state index contributed by atoms with van der Waals surface area (Å²) in [6, 6.07) is 3.24. The van der Waals surface area contributed by atoms with Crippen LogP contribution in [0.2, 0.25) is 0 Å². The van der Waals surface area contributed by atoms with E-state index in [4.69, 9.17) is 5.11 Å². The van der Waals surface area contributed by atoms with Gasteiger partial charge in [-0.25, -0.2) is 8.42 Å². The van der Waals surface area contributed by atoms with Crippen molar-refractivity contribution in [2.45, 2.75) is 30.7 Å². The van der Waals surface area contributed by atoms with Crippen LogP contribution in [-0.4, -0.2) is 41.4 Å². The zero-order valence-corrected chi connectivity index (χ0v) is 13.6. The molecular formula is C14H16N2O4S2. The minimum Gasteiger partial charge on any atom is -0.481 e. The van der Waals surface area contributed by atoms with Gasteiger partial charge in [0.15, 0.2) is 0 Å². The summed E-state index contributed by atoms with van der Waals surface area (Å²) in [6.07, 6.45) is 2.40. The largest absolute Gasteiger partial charge is 0.481 e. The van der Waals surface area contributed by atoms with Crippen molar-refractivity contribution >= 4 is 37.5 Å².